The summed E-state index contributed by atoms with van der Waals surface area (Å²) in [7, 11) is 0. The molecule has 4 atom stereocenters. The van der Waals surface area contributed by atoms with E-state index in [1.165, 1.54) is 0 Å². The fourth-order valence-electron chi connectivity index (χ4n) is 4.69. The lowest BCUT2D eigenvalue weighted by Crippen LogP contribution is -2.48. The van der Waals surface area contributed by atoms with Crippen LogP contribution >= 0.6 is 0 Å². The number of nitrogens with zero attached hydrogens (tertiary/aromatic N) is 2. The Labute approximate surface area is 145 Å². The minimum atomic E-state index is -0.978. The zero-order chi connectivity index (χ0) is 17.8. The van der Waals surface area contributed by atoms with Gasteiger partial charge in [-0.2, -0.15) is 0 Å². The first-order valence-corrected chi connectivity index (χ1v) is 8.79. The molecule has 3 fully saturated rings. The highest BCUT2D eigenvalue weighted by atomic mass is 16.6. The lowest BCUT2D eigenvalue weighted by Gasteiger charge is -2.37. The summed E-state index contributed by atoms with van der Waals surface area (Å²) in [6, 6.07) is 0.00338. The van der Waals surface area contributed by atoms with Crippen LogP contribution in [0.15, 0.2) is 12.2 Å². The number of piperidine rings is 1. The molecule has 0 aromatic heterocycles. The SMILES string of the molecule is CCOC(=O)N1CCC(N2CC34C=C[C@@H](O3)[C@H](C(=O)O)[C@@H]4C2=O)CC1. The molecule has 136 valence electrons. The normalized spacial score (nSPS) is 36.8. The predicted octanol–water partition coefficient (Wildman–Crippen LogP) is 0.474. The van der Waals surface area contributed by atoms with Crippen LogP contribution in [-0.2, 0) is 19.1 Å². The van der Waals surface area contributed by atoms with Gasteiger partial charge in [-0.05, 0) is 19.8 Å². The molecule has 4 heterocycles. The molecule has 0 saturated carbocycles. The second kappa shape index (κ2) is 5.72. The third-order valence-corrected chi connectivity index (χ3v) is 5.85. The Bertz CT molecular complexity index is 641. The van der Waals surface area contributed by atoms with Crippen LogP contribution in [0.4, 0.5) is 4.79 Å². The Hall–Kier alpha value is -2.09. The van der Waals surface area contributed by atoms with Gasteiger partial charge >= 0.3 is 12.1 Å². The molecule has 2 bridgehead atoms. The van der Waals surface area contributed by atoms with Crippen molar-refractivity contribution in [3.63, 3.8) is 0 Å². The predicted molar refractivity (Wildman–Crippen MR) is 84.7 cm³/mol. The van der Waals surface area contributed by atoms with E-state index >= 15 is 0 Å². The summed E-state index contributed by atoms with van der Waals surface area (Å²) in [4.78, 5) is 39.8. The number of likely N-dealkylation sites (tertiary alicyclic amines) is 2. The largest absolute Gasteiger partial charge is 0.481 e. The van der Waals surface area contributed by atoms with E-state index in [0.717, 1.165) is 0 Å². The number of carboxylic acids is 1. The maximum Gasteiger partial charge on any atom is 0.409 e. The van der Waals surface area contributed by atoms with Gasteiger partial charge in [0.25, 0.3) is 0 Å². The summed E-state index contributed by atoms with van der Waals surface area (Å²) in [5.41, 5.74) is -0.789. The summed E-state index contributed by atoms with van der Waals surface area (Å²) < 4.78 is 10.9. The van der Waals surface area contributed by atoms with Crippen LogP contribution in [-0.4, -0.2) is 76.9 Å². The number of carbonyl (C=O) groups is 3. The first-order chi connectivity index (χ1) is 12.0. The molecule has 25 heavy (non-hydrogen) atoms. The molecular weight excluding hydrogens is 328 g/mol. The zero-order valence-corrected chi connectivity index (χ0v) is 14.1. The van der Waals surface area contributed by atoms with E-state index in [0.29, 0.717) is 39.1 Å². The minimum Gasteiger partial charge on any atom is -0.481 e. The molecule has 0 aromatic rings. The lowest BCUT2D eigenvalue weighted by atomic mass is 9.77. The fourth-order valence-corrected chi connectivity index (χ4v) is 4.69. The van der Waals surface area contributed by atoms with Crippen molar-refractivity contribution >= 4 is 18.0 Å². The van der Waals surface area contributed by atoms with Crippen molar-refractivity contribution in [3.8, 4) is 0 Å². The van der Waals surface area contributed by atoms with Crippen LogP contribution in [0.3, 0.4) is 0 Å². The van der Waals surface area contributed by atoms with Crippen LogP contribution < -0.4 is 0 Å². The molecule has 4 rings (SSSR count). The van der Waals surface area contributed by atoms with E-state index in [1.54, 1.807) is 22.8 Å². The summed E-state index contributed by atoms with van der Waals surface area (Å²) in [5, 5.41) is 9.50. The molecule has 3 saturated heterocycles. The standard InChI is InChI=1S/C17H22N2O6/c1-2-24-16(23)18-7-4-10(5-8-18)19-9-17-6-3-11(25-17)12(15(21)22)13(17)14(19)20/h3,6,10-13H,2,4-5,7-9H2,1H3,(H,21,22)/t11-,12+,13-,17?/m1/s1. The molecule has 4 aliphatic heterocycles. The average Bonchev–Trinajstić information content (AvgIpc) is 3.23. The van der Waals surface area contributed by atoms with Gasteiger partial charge in [-0.3, -0.25) is 9.59 Å². The second-order valence-corrected chi connectivity index (χ2v) is 7.12. The van der Waals surface area contributed by atoms with Crippen molar-refractivity contribution in [1.82, 2.24) is 9.80 Å². The maximum atomic E-state index is 12.9. The van der Waals surface area contributed by atoms with Crippen molar-refractivity contribution < 1.29 is 29.0 Å². The number of hydrogen-bond donors (Lipinski definition) is 1. The maximum absolute atomic E-state index is 12.9. The van der Waals surface area contributed by atoms with Crippen molar-refractivity contribution in [2.75, 3.05) is 26.2 Å². The first kappa shape index (κ1) is 16.4. The van der Waals surface area contributed by atoms with Crippen LogP contribution in [0.5, 0.6) is 0 Å². The van der Waals surface area contributed by atoms with Crippen molar-refractivity contribution in [2.45, 2.75) is 37.5 Å². The third-order valence-electron chi connectivity index (χ3n) is 5.85. The number of amides is 2. The van der Waals surface area contributed by atoms with Crippen LogP contribution in [0.25, 0.3) is 0 Å². The molecule has 4 aliphatic rings. The van der Waals surface area contributed by atoms with Gasteiger partial charge in [0, 0.05) is 19.1 Å². The summed E-state index contributed by atoms with van der Waals surface area (Å²) in [6.45, 7) is 3.58. The highest BCUT2D eigenvalue weighted by Crippen LogP contribution is 2.52. The number of aliphatic carboxylic acids is 1. The molecule has 0 aliphatic carbocycles. The van der Waals surface area contributed by atoms with Gasteiger partial charge in [-0.1, -0.05) is 12.2 Å². The quantitative estimate of drug-likeness (QED) is 0.744. The van der Waals surface area contributed by atoms with E-state index in [9.17, 15) is 19.5 Å². The topological polar surface area (TPSA) is 96.4 Å². The molecule has 0 aromatic carbocycles. The van der Waals surface area contributed by atoms with E-state index in [-0.39, 0.29) is 18.0 Å². The molecule has 1 unspecified atom stereocenters. The molecule has 1 N–H and O–H groups in total. The first-order valence-electron chi connectivity index (χ1n) is 8.79. The van der Waals surface area contributed by atoms with Gasteiger partial charge in [-0.15, -0.1) is 0 Å². The monoisotopic (exact) mass is 350 g/mol. The number of hydrogen-bond acceptors (Lipinski definition) is 5. The van der Waals surface area contributed by atoms with Gasteiger partial charge in [0.15, 0.2) is 0 Å². The van der Waals surface area contributed by atoms with Crippen molar-refractivity contribution in [1.29, 1.82) is 0 Å². The Kier molecular flexibility index (Phi) is 3.75. The van der Waals surface area contributed by atoms with Crippen LogP contribution in [0.1, 0.15) is 19.8 Å². The van der Waals surface area contributed by atoms with E-state index in [4.69, 9.17) is 9.47 Å². The number of fused-ring (bicyclic) bond motifs is 1. The lowest BCUT2D eigenvalue weighted by molar-refractivity contribution is -0.148. The molecule has 8 nitrogen and oxygen atoms in total. The van der Waals surface area contributed by atoms with Crippen LogP contribution in [0, 0.1) is 11.8 Å². The molecular formula is C17H22N2O6. The minimum absolute atomic E-state index is 0.00338. The molecule has 2 amide bonds. The fraction of sp³-hybridized carbons (Fsp3) is 0.706. The number of rotatable bonds is 3. The third kappa shape index (κ3) is 2.34. The number of carbonyl (C=O) groups excluding carboxylic acids is 2. The molecule has 1 spiro atoms. The van der Waals surface area contributed by atoms with Crippen molar-refractivity contribution in [2.24, 2.45) is 11.8 Å². The Morgan fingerprint density at radius 2 is 2.12 bits per heavy atom. The van der Waals surface area contributed by atoms with Gasteiger partial charge in [0.2, 0.25) is 5.91 Å². The summed E-state index contributed by atoms with van der Waals surface area (Å²) in [6.07, 6.45) is 4.15. The highest BCUT2D eigenvalue weighted by Gasteiger charge is 2.67. The van der Waals surface area contributed by atoms with E-state index in [2.05, 4.69) is 0 Å². The smallest absolute Gasteiger partial charge is 0.409 e. The Balaban J connectivity index is 1.46. The van der Waals surface area contributed by atoms with Crippen molar-refractivity contribution in [3.05, 3.63) is 12.2 Å². The Morgan fingerprint density at radius 3 is 2.76 bits per heavy atom. The highest BCUT2D eigenvalue weighted by molar-refractivity contribution is 5.91. The second-order valence-electron chi connectivity index (χ2n) is 7.12. The molecule has 0 radical (unpaired) electrons. The van der Waals surface area contributed by atoms with E-state index < -0.39 is 29.5 Å². The number of ether oxygens (including phenoxy) is 2. The van der Waals surface area contributed by atoms with Gasteiger partial charge in [-0.25, -0.2) is 4.79 Å². The van der Waals surface area contributed by atoms with Gasteiger partial charge in [0.05, 0.1) is 25.2 Å². The summed E-state index contributed by atoms with van der Waals surface area (Å²) in [5.74, 6) is -2.55. The zero-order valence-electron chi connectivity index (χ0n) is 14.1. The number of carboxylic acid groups (broad SMARTS) is 1. The summed E-state index contributed by atoms with van der Waals surface area (Å²) >= 11 is 0. The molecule has 8 heteroatoms. The van der Waals surface area contributed by atoms with Gasteiger partial charge in [0.1, 0.15) is 11.5 Å². The van der Waals surface area contributed by atoms with Gasteiger partial charge < -0.3 is 24.4 Å². The van der Waals surface area contributed by atoms with Crippen LogP contribution in [0.2, 0.25) is 0 Å². The average molecular weight is 350 g/mol. The Morgan fingerprint density at radius 1 is 1.40 bits per heavy atom. The van der Waals surface area contributed by atoms with E-state index in [1.807, 2.05) is 6.08 Å².